The highest BCUT2D eigenvalue weighted by atomic mass is 32.1. The maximum atomic E-state index is 12.0. The molecule has 7 heteroatoms. The molecule has 318 valence electrons. The lowest BCUT2D eigenvalue weighted by molar-refractivity contribution is 0.669. The maximum Gasteiger partial charge on any atom is 0.220 e. The van der Waals surface area contributed by atoms with Gasteiger partial charge in [0.15, 0.2) is 11.2 Å². The number of nitriles is 1. The fourth-order valence-corrected chi connectivity index (χ4v) is 12.6. The number of hydrogen-bond donors (Lipinski definition) is 0. The van der Waals surface area contributed by atoms with E-state index in [0.717, 1.165) is 103 Å². The molecule has 0 N–H and O–H groups in total. The third kappa shape index (κ3) is 5.01. The first kappa shape index (κ1) is 37.8. The highest BCUT2D eigenvalue weighted by Crippen LogP contribution is 2.55. The Labute approximate surface area is 396 Å². The summed E-state index contributed by atoms with van der Waals surface area (Å²) in [4.78, 5) is 4.59. The van der Waals surface area contributed by atoms with E-state index in [-0.39, 0.29) is 0 Å². The van der Waals surface area contributed by atoms with Gasteiger partial charge < -0.3 is 18.0 Å². The van der Waals surface area contributed by atoms with Gasteiger partial charge in [0.25, 0.3) is 0 Å². The minimum atomic E-state index is 0.341. The van der Waals surface area contributed by atoms with Gasteiger partial charge in [0, 0.05) is 69.7 Å². The van der Waals surface area contributed by atoms with Crippen LogP contribution in [0.1, 0.15) is 5.56 Å². The summed E-state index contributed by atoms with van der Waals surface area (Å²) in [6.07, 6.45) is 0. The summed E-state index contributed by atoms with van der Waals surface area (Å²) >= 11 is 1.77. The monoisotopic (exact) mass is 896 g/mol. The summed E-state index contributed by atoms with van der Waals surface area (Å²) in [5.74, 6) is 0. The zero-order chi connectivity index (χ0) is 45.5. The molecule has 0 bridgehead atoms. The highest BCUT2D eigenvalue weighted by molar-refractivity contribution is 7.26. The first-order chi connectivity index (χ1) is 34.2. The van der Waals surface area contributed by atoms with Crippen molar-refractivity contribution in [3.05, 3.63) is 211 Å². The third-order valence-electron chi connectivity index (χ3n) is 14.2. The second-order valence-corrected chi connectivity index (χ2v) is 18.7. The van der Waals surface area contributed by atoms with Crippen LogP contribution in [0.4, 0.5) is 5.69 Å². The van der Waals surface area contributed by atoms with E-state index < -0.39 is 0 Å². The Morgan fingerprint density at radius 3 is 1.54 bits per heavy atom. The second-order valence-electron chi connectivity index (χ2n) is 17.6. The average molecular weight is 897 g/mol. The lowest BCUT2D eigenvalue weighted by Crippen LogP contribution is -2.09. The average Bonchev–Trinajstić information content (AvgIpc) is 4.23. The molecule has 0 spiro atoms. The molecule has 0 aliphatic rings. The van der Waals surface area contributed by atoms with Crippen LogP contribution >= 0.6 is 11.3 Å². The van der Waals surface area contributed by atoms with Crippen LogP contribution in [0.15, 0.2) is 203 Å². The molecular weight excluding hydrogens is 865 g/mol. The molecule has 0 fully saturated rings. The van der Waals surface area contributed by atoms with Gasteiger partial charge in [-0.25, -0.2) is 4.85 Å². The molecule has 0 atom stereocenters. The van der Waals surface area contributed by atoms with Crippen molar-refractivity contribution in [3.63, 3.8) is 0 Å². The summed E-state index contributed by atoms with van der Waals surface area (Å²) in [6.45, 7) is 9.45. The van der Waals surface area contributed by atoms with Gasteiger partial charge in [0.2, 0.25) is 5.69 Å². The Kier molecular flexibility index (Phi) is 7.70. The number of rotatable bonds is 4. The lowest BCUT2D eigenvalue weighted by atomic mass is 9.88. The van der Waals surface area contributed by atoms with Crippen LogP contribution in [0.5, 0.6) is 0 Å². The van der Waals surface area contributed by atoms with Crippen LogP contribution in [0.25, 0.3) is 146 Å². The summed E-state index contributed by atoms with van der Waals surface area (Å²) in [7, 11) is 0. The van der Waals surface area contributed by atoms with Gasteiger partial charge in [-0.15, -0.1) is 11.3 Å². The maximum absolute atomic E-state index is 12.0. The number of thiophene rings is 1. The zero-order valence-corrected chi connectivity index (χ0v) is 37.3. The molecule has 0 saturated carbocycles. The summed E-state index contributed by atoms with van der Waals surface area (Å²) in [6, 6.07) is 69.5. The smallest absolute Gasteiger partial charge is 0.220 e. The van der Waals surface area contributed by atoms with Crippen molar-refractivity contribution in [2.75, 3.05) is 0 Å². The van der Waals surface area contributed by atoms with E-state index in [2.05, 4.69) is 129 Å². The Balaban J connectivity index is 1.27. The van der Waals surface area contributed by atoms with Crippen molar-refractivity contribution < 1.29 is 8.83 Å². The first-order valence-electron chi connectivity index (χ1n) is 22.9. The van der Waals surface area contributed by atoms with Crippen LogP contribution in [0.3, 0.4) is 0 Å². The Hall–Kier alpha value is -9.40. The van der Waals surface area contributed by atoms with E-state index in [1.807, 2.05) is 84.9 Å². The number of fused-ring (bicyclic) bond motifs is 18. The van der Waals surface area contributed by atoms with E-state index in [1.165, 1.54) is 10.1 Å². The molecule has 69 heavy (non-hydrogen) atoms. The molecule has 0 amide bonds. The van der Waals surface area contributed by atoms with E-state index >= 15 is 0 Å². The molecular formula is C62H32N4O2S. The Bertz CT molecular complexity index is 4670. The predicted octanol–water partition coefficient (Wildman–Crippen LogP) is 17.8. The topological polar surface area (TPSA) is 64.3 Å². The van der Waals surface area contributed by atoms with Crippen LogP contribution in [0, 0.1) is 17.9 Å². The quantitative estimate of drug-likeness (QED) is 0.165. The van der Waals surface area contributed by atoms with Crippen LogP contribution in [0.2, 0.25) is 0 Å². The fraction of sp³-hybridized carbons (Fsp3) is 0. The minimum absolute atomic E-state index is 0.341. The van der Waals surface area contributed by atoms with E-state index in [1.54, 1.807) is 11.3 Å². The Morgan fingerprint density at radius 1 is 0.435 bits per heavy atom. The van der Waals surface area contributed by atoms with Gasteiger partial charge in [0.05, 0.1) is 50.3 Å². The highest BCUT2D eigenvalue weighted by Gasteiger charge is 2.34. The molecule has 5 heterocycles. The van der Waals surface area contributed by atoms with Gasteiger partial charge in [-0.2, -0.15) is 5.26 Å². The summed E-state index contributed by atoms with van der Waals surface area (Å²) in [5, 5.41) is 22.3. The summed E-state index contributed by atoms with van der Waals surface area (Å²) in [5.41, 5.74) is 11.4. The number of hydrogen-bond acceptors (Lipinski definition) is 4. The minimum Gasteiger partial charge on any atom is -0.454 e. The van der Waals surface area contributed by atoms with Crippen LogP contribution < -0.4 is 0 Å². The number of nitrogens with zero attached hydrogens (tertiary/aromatic N) is 4. The second kappa shape index (κ2) is 14.1. The van der Waals surface area contributed by atoms with Gasteiger partial charge in [-0.1, -0.05) is 158 Å². The number of benzene rings is 10. The number of furan rings is 2. The molecule has 0 unspecified atom stereocenters. The Morgan fingerprint density at radius 2 is 0.928 bits per heavy atom. The van der Waals surface area contributed by atoms with Crippen molar-refractivity contribution in [2.45, 2.75) is 0 Å². The molecule has 0 aliphatic carbocycles. The third-order valence-corrected chi connectivity index (χ3v) is 15.4. The van der Waals surface area contributed by atoms with Crippen molar-refractivity contribution in [1.29, 1.82) is 5.26 Å². The molecule has 0 radical (unpaired) electrons. The molecule has 6 nitrogen and oxygen atoms in total. The molecule has 15 aromatic rings. The van der Waals surface area contributed by atoms with Crippen molar-refractivity contribution >= 4 is 125 Å². The van der Waals surface area contributed by atoms with E-state index in [9.17, 15) is 11.8 Å². The van der Waals surface area contributed by atoms with E-state index in [0.29, 0.717) is 39.4 Å². The summed E-state index contributed by atoms with van der Waals surface area (Å²) < 4.78 is 20.9. The number of para-hydroxylation sites is 3. The predicted molar refractivity (Wildman–Crippen MR) is 284 cm³/mol. The van der Waals surface area contributed by atoms with Crippen molar-refractivity contribution in [1.82, 2.24) is 9.13 Å². The molecule has 0 aliphatic heterocycles. The fourth-order valence-electron chi connectivity index (χ4n) is 11.4. The lowest BCUT2D eigenvalue weighted by Gasteiger charge is -2.25. The normalized spacial score (nSPS) is 12.0. The molecule has 0 saturated heterocycles. The van der Waals surface area contributed by atoms with Gasteiger partial charge in [-0.05, 0) is 47.5 Å². The van der Waals surface area contributed by atoms with Gasteiger partial charge in [-0.3, -0.25) is 0 Å². The molecule has 10 aromatic carbocycles. The van der Waals surface area contributed by atoms with Crippen LogP contribution in [-0.2, 0) is 0 Å². The van der Waals surface area contributed by atoms with Gasteiger partial charge >= 0.3 is 0 Å². The SMILES string of the molecule is [C-]#[N+]c1c(-c2ccccc2)c(C#N)c(-n2c3ccccc3c3ccc4c5ccccc5sc4c32)c(-c2ccccc2)c1-n1c2c(ccc3c4ccccc4oc32)c2ccc3c4ccccc4oc3c21. The largest absolute Gasteiger partial charge is 0.454 e. The zero-order valence-electron chi connectivity index (χ0n) is 36.5. The van der Waals surface area contributed by atoms with Gasteiger partial charge in [0.1, 0.15) is 17.2 Å². The molecule has 15 rings (SSSR count). The standard InChI is InChI=1S/C62H32N4O2S/c1-64-54-52(35-16-4-2-5-17-35)47(34-63)55(65-48-24-12-8-20-37(48)41-30-33-46-40-23-11-15-27-51(40)69-62(46)58(41)65)53(36-18-6-3-7-19-36)59(54)66-56-42(28-31-44-38-21-9-13-25-49(38)67-60(44)56)43-29-32-45-39-22-10-14-26-50(39)68-61(45)57(43)66/h2-33H. The van der Waals surface area contributed by atoms with Crippen LogP contribution in [-0.4, -0.2) is 9.13 Å². The first-order valence-corrected chi connectivity index (χ1v) is 23.7. The van der Waals surface area contributed by atoms with Crippen molar-refractivity contribution in [3.8, 4) is 39.7 Å². The molecule has 5 aromatic heterocycles. The van der Waals surface area contributed by atoms with E-state index in [4.69, 9.17) is 8.83 Å². The number of aromatic nitrogens is 2. The van der Waals surface area contributed by atoms with Crippen molar-refractivity contribution in [2.24, 2.45) is 0 Å².